The van der Waals surface area contributed by atoms with E-state index in [1.807, 2.05) is 6.07 Å². The van der Waals surface area contributed by atoms with Crippen molar-refractivity contribution in [1.82, 2.24) is 5.32 Å². The predicted molar refractivity (Wildman–Crippen MR) is 32.3 cm³/mol. The molecule has 0 aliphatic carbocycles. The van der Waals surface area contributed by atoms with Crippen LogP contribution in [0.5, 0.6) is 0 Å². The Labute approximate surface area is 53.6 Å². The van der Waals surface area contributed by atoms with E-state index in [2.05, 4.69) is 5.32 Å². The molecular weight excluding hydrogens is 118 g/mol. The van der Waals surface area contributed by atoms with Crippen molar-refractivity contribution >= 4 is 5.91 Å². The van der Waals surface area contributed by atoms with E-state index in [9.17, 15) is 4.79 Å². The van der Waals surface area contributed by atoms with Gasteiger partial charge in [0.15, 0.2) is 0 Å². The Morgan fingerprint density at radius 2 is 2.44 bits per heavy atom. The number of hydrogen-bond acceptors (Lipinski definition) is 3. The fraction of sp³-hybridized carbons (Fsp3) is 0.600. The van der Waals surface area contributed by atoms with Gasteiger partial charge in [0.1, 0.15) is 0 Å². The van der Waals surface area contributed by atoms with Crippen molar-refractivity contribution in [3.63, 3.8) is 0 Å². The average Bonchev–Trinajstić information content (AvgIpc) is 1.80. The first-order valence-electron chi connectivity index (χ1n) is 2.63. The van der Waals surface area contributed by atoms with E-state index in [4.69, 9.17) is 11.0 Å². The summed E-state index contributed by atoms with van der Waals surface area (Å²) in [6, 6.07) is 1.93. The van der Waals surface area contributed by atoms with Crippen molar-refractivity contribution < 1.29 is 4.79 Å². The number of amides is 1. The van der Waals surface area contributed by atoms with Crippen LogP contribution in [0.1, 0.15) is 6.42 Å². The van der Waals surface area contributed by atoms with E-state index in [1.165, 1.54) is 0 Å². The van der Waals surface area contributed by atoms with Gasteiger partial charge in [-0.05, 0) is 0 Å². The van der Waals surface area contributed by atoms with Crippen LogP contribution < -0.4 is 11.1 Å². The van der Waals surface area contributed by atoms with E-state index >= 15 is 0 Å². The molecule has 9 heavy (non-hydrogen) atoms. The molecule has 0 fully saturated rings. The second kappa shape index (κ2) is 5.06. The van der Waals surface area contributed by atoms with Gasteiger partial charge in [0.05, 0.1) is 12.6 Å². The molecule has 0 unspecified atom stereocenters. The Kier molecular flexibility index (Phi) is 4.46. The van der Waals surface area contributed by atoms with Gasteiger partial charge in [0, 0.05) is 13.0 Å². The van der Waals surface area contributed by atoms with Crippen LogP contribution >= 0.6 is 0 Å². The third kappa shape index (κ3) is 6.92. The Balaban J connectivity index is 2.94. The Morgan fingerprint density at radius 3 is 2.89 bits per heavy atom. The van der Waals surface area contributed by atoms with E-state index in [1.54, 1.807) is 0 Å². The van der Waals surface area contributed by atoms with Gasteiger partial charge in [0.2, 0.25) is 5.91 Å². The lowest BCUT2D eigenvalue weighted by atomic mass is 10.4. The van der Waals surface area contributed by atoms with Crippen molar-refractivity contribution in [3.8, 4) is 6.07 Å². The van der Waals surface area contributed by atoms with Crippen LogP contribution in [0.4, 0.5) is 0 Å². The number of carbonyl (C=O) groups excluding carboxylic acids is 1. The molecular formula is C5H9N3O. The summed E-state index contributed by atoms with van der Waals surface area (Å²) < 4.78 is 0. The first-order chi connectivity index (χ1) is 4.27. The normalized spacial score (nSPS) is 8.33. The molecule has 0 saturated carbocycles. The smallest absolute Gasteiger partial charge is 0.231 e. The quantitative estimate of drug-likeness (QED) is 0.474. The molecule has 4 heteroatoms. The zero-order chi connectivity index (χ0) is 7.11. The number of nitriles is 1. The Bertz CT molecular complexity index is 127. The summed E-state index contributed by atoms with van der Waals surface area (Å²) in [5.41, 5.74) is 4.79. The lowest BCUT2D eigenvalue weighted by molar-refractivity contribution is -0.117. The van der Waals surface area contributed by atoms with Gasteiger partial charge in [-0.2, -0.15) is 5.26 Å². The van der Waals surface area contributed by atoms with Crippen LogP contribution in [0.2, 0.25) is 0 Å². The summed E-state index contributed by atoms with van der Waals surface area (Å²) in [6.45, 7) is 0.682. The van der Waals surface area contributed by atoms with Gasteiger partial charge in [-0.3, -0.25) is 4.79 Å². The highest BCUT2D eigenvalue weighted by molar-refractivity contribution is 5.75. The molecule has 0 heterocycles. The number of nitrogens with two attached hydrogens (primary N) is 1. The highest BCUT2D eigenvalue weighted by Gasteiger charge is 1.89. The lowest BCUT2D eigenvalue weighted by Gasteiger charge is -1.94. The van der Waals surface area contributed by atoms with Crippen LogP contribution in [0.25, 0.3) is 0 Å². The van der Waals surface area contributed by atoms with Gasteiger partial charge in [-0.1, -0.05) is 0 Å². The first kappa shape index (κ1) is 7.92. The third-order valence-electron chi connectivity index (χ3n) is 0.713. The van der Waals surface area contributed by atoms with Crippen LogP contribution in [-0.2, 0) is 4.79 Å². The zero-order valence-electron chi connectivity index (χ0n) is 5.05. The molecule has 0 aromatic rings. The van der Waals surface area contributed by atoms with Crippen molar-refractivity contribution in [3.05, 3.63) is 0 Å². The molecule has 0 atom stereocenters. The molecule has 0 saturated heterocycles. The van der Waals surface area contributed by atoms with Gasteiger partial charge < -0.3 is 11.1 Å². The maximum Gasteiger partial charge on any atom is 0.231 e. The topological polar surface area (TPSA) is 78.9 Å². The molecule has 0 radical (unpaired) electrons. The summed E-state index contributed by atoms with van der Waals surface area (Å²) >= 11 is 0. The van der Waals surface area contributed by atoms with E-state index < -0.39 is 5.91 Å². The van der Waals surface area contributed by atoms with Crippen molar-refractivity contribution in [2.45, 2.75) is 6.42 Å². The van der Waals surface area contributed by atoms with E-state index in [-0.39, 0.29) is 6.54 Å². The summed E-state index contributed by atoms with van der Waals surface area (Å²) in [6.07, 6.45) is 0.410. The molecule has 0 aliphatic heterocycles. The summed E-state index contributed by atoms with van der Waals surface area (Å²) in [5.74, 6) is -0.395. The van der Waals surface area contributed by atoms with Crippen molar-refractivity contribution in [2.75, 3.05) is 13.1 Å². The minimum Gasteiger partial charge on any atom is -0.369 e. The maximum absolute atomic E-state index is 10.0. The lowest BCUT2D eigenvalue weighted by Crippen LogP contribution is -2.28. The van der Waals surface area contributed by atoms with Gasteiger partial charge in [-0.15, -0.1) is 0 Å². The number of primary amides is 1. The molecule has 0 rings (SSSR count). The molecule has 50 valence electrons. The molecule has 4 nitrogen and oxygen atoms in total. The van der Waals surface area contributed by atoms with E-state index in [0.29, 0.717) is 13.0 Å². The first-order valence-corrected chi connectivity index (χ1v) is 2.63. The molecule has 0 aromatic heterocycles. The fourth-order valence-corrected chi connectivity index (χ4v) is 0.356. The maximum atomic E-state index is 10.0. The van der Waals surface area contributed by atoms with Crippen molar-refractivity contribution in [2.24, 2.45) is 5.73 Å². The van der Waals surface area contributed by atoms with Gasteiger partial charge >= 0.3 is 0 Å². The Morgan fingerprint density at radius 1 is 1.78 bits per heavy atom. The third-order valence-corrected chi connectivity index (χ3v) is 0.713. The zero-order valence-corrected chi connectivity index (χ0v) is 5.05. The fourth-order valence-electron chi connectivity index (χ4n) is 0.356. The Hall–Kier alpha value is -1.08. The standard InChI is InChI=1S/C5H9N3O/c6-2-1-3-8-4-5(7)9/h8H,1,3-4H2,(H2,7,9). The van der Waals surface area contributed by atoms with Gasteiger partial charge in [-0.25, -0.2) is 0 Å². The molecule has 0 aliphatic rings. The highest BCUT2D eigenvalue weighted by Crippen LogP contribution is 1.67. The predicted octanol–water partition coefficient (Wildman–Crippen LogP) is -1.03. The molecule has 1 amide bonds. The SMILES string of the molecule is N#CCCNCC(N)=O. The van der Waals surface area contributed by atoms with Crippen molar-refractivity contribution in [1.29, 1.82) is 5.26 Å². The summed E-state index contributed by atoms with van der Waals surface area (Å²) in [7, 11) is 0. The average molecular weight is 127 g/mol. The van der Waals surface area contributed by atoms with Crippen LogP contribution in [0, 0.1) is 11.3 Å². The number of rotatable bonds is 4. The van der Waals surface area contributed by atoms with Crippen LogP contribution in [0.15, 0.2) is 0 Å². The monoisotopic (exact) mass is 127 g/mol. The second-order valence-corrected chi connectivity index (χ2v) is 1.55. The number of nitrogens with zero attached hydrogens (tertiary/aromatic N) is 1. The highest BCUT2D eigenvalue weighted by atomic mass is 16.1. The van der Waals surface area contributed by atoms with Crippen LogP contribution in [0.3, 0.4) is 0 Å². The molecule has 0 aromatic carbocycles. The summed E-state index contributed by atoms with van der Waals surface area (Å²) in [5, 5.41) is 10.7. The number of hydrogen-bond donors (Lipinski definition) is 2. The molecule has 0 bridgehead atoms. The molecule has 0 spiro atoms. The number of carbonyl (C=O) groups is 1. The molecule has 3 N–H and O–H groups in total. The second-order valence-electron chi connectivity index (χ2n) is 1.55. The van der Waals surface area contributed by atoms with E-state index in [0.717, 1.165) is 0 Å². The summed E-state index contributed by atoms with van der Waals surface area (Å²) in [4.78, 5) is 10.0. The minimum atomic E-state index is -0.395. The largest absolute Gasteiger partial charge is 0.369 e. The van der Waals surface area contributed by atoms with Gasteiger partial charge in [0.25, 0.3) is 0 Å². The minimum absolute atomic E-state index is 0.154. The van der Waals surface area contributed by atoms with Crippen LogP contribution in [-0.4, -0.2) is 19.0 Å². The number of nitrogens with one attached hydrogen (secondary N) is 1.